The molecule has 0 bridgehead atoms. The summed E-state index contributed by atoms with van der Waals surface area (Å²) < 4.78 is 0. The SMILES string of the molecule is OC1CCNC1c1c[nH]c2c1CCC2. The van der Waals surface area contributed by atoms with Gasteiger partial charge in [0.1, 0.15) is 0 Å². The molecule has 2 aliphatic rings. The summed E-state index contributed by atoms with van der Waals surface area (Å²) in [4.78, 5) is 3.33. The van der Waals surface area contributed by atoms with E-state index in [0.717, 1.165) is 13.0 Å². The number of aromatic nitrogens is 1. The van der Waals surface area contributed by atoms with Crippen LogP contribution in [-0.4, -0.2) is 22.7 Å². The lowest BCUT2D eigenvalue weighted by molar-refractivity contribution is 0.160. The molecule has 3 nitrogen and oxygen atoms in total. The fraction of sp³-hybridized carbons (Fsp3) is 0.636. The van der Waals surface area contributed by atoms with Crippen molar-refractivity contribution in [3.63, 3.8) is 0 Å². The third-order valence-electron chi connectivity index (χ3n) is 3.49. The lowest BCUT2D eigenvalue weighted by Crippen LogP contribution is -2.21. The zero-order chi connectivity index (χ0) is 9.54. The van der Waals surface area contributed by atoms with Gasteiger partial charge in [0.2, 0.25) is 0 Å². The average molecular weight is 192 g/mol. The molecule has 1 aliphatic carbocycles. The second kappa shape index (κ2) is 3.11. The van der Waals surface area contributed by atoms with E-state index in [2.05, 4.69) is 16.5 Å². The number of fused-ring (bicyclic) bond motifs is 1. The van der Waals surface area contributed by atoms with Gasteiger partial charge in [0.05, 0.1) is 12.1 Å². The molecule has 76 valence electrons. The molecule has 0 aromatic carbocycles. The van der Waals surface area contributed by atoms with Crippen LogP contribution in [0.15, 0.2) is 6.20 Å². The molecule has 14 heavy (non-hydrogen) atoms. The van der Waals surface area contributed by atoms with E-state index in [1.54, 1.807) is 0 Å². The normalized spacial score (nSPS) is 30.9. The Hall–Kier alpha value is -0.800. The zero-order valence-corrected chi connectivity index (χ0v) is 8.21. The van der Waals surface area contributed by atoms with Crippen molar-refractivity contribution in [2.24, 2.45) is 0 Å². The summed E-state index contributed by atoms with van der Waals surface area (Å²) in [6.07, 6.45) is 6.38. The Bertz CT molecular complexity index is 345. The van der Waals surface area contributed by atoms with E-state index in [0.29, 0.717) is 0 Å². The number of aliphatic hydroxyl groups is 1. The molecule has 3 heteroatoms. The smallest absolute Gasteiger partial charge is 0.0747 e. The number of hydrogen-bond donors (Lipinski definition) is 3. The number of hydrogen-bond acceptors (Lipinski definition) is 2. The first kappa shape index (κ1) is 8.50. The molecule has 2 heterocycles. The van der Waals surface area contributed by atoms with Gasteiger partial charge < -0.3 is 15.4 Å². The molecule has 0 saturated carbocycles. The highest BCUT2D eigenvalue weighted by atomic mass is 16.3. The number of rotatable bonds is 1. The minimum atomic E-state index is -0.199. The van der Waals surface area contributed by atoms with E-state index < -0.39 is 0 Å². The van der Waals surface area contributed by atoms with Crippen LogP contribution in [0.2, 0.25) is 0 Å². The molecule has 3 N–H and O–H groups in total. The fourth-order valence-corrected chi connectivity index (χ4v) is 2.76. The predicted molar refractivity (Wildman–Crippen MR) is 54.2 cm³/mol. The molecular formula is C11H16N2O. The minimum absolute atomic E-state index is 0.174. The Balaban J connectivity index is 1.96. The van der Waals surface area contributed by atoms with Crippen molar-refractivity contribution in [2.45, 2.75) is 37.8 Å². The minimum Gasteiger partial charge on any atom is -0.391 e. The van der Waals surface area contributed by atoms with Crippen molar-refractivity contribution in [2.75, 3.05) is 6.54 Å². The van der Waals surface area contributed by atoms with Crippen molar-refractivity contribution in [3.05, 3.63) is 23.0 Å². The van der Waals surface area contributed by atoms with E-state index >= 15 is 0 Å². The van der Waals surface area contributed by atoms with Gasteiger partial charge in [-0.05, 0) is 43.4 Å². The van der Waals surface area contributed by atoms with Crippen LogP contribution >= 0.6 is 0 Å². The molecule has 1 fully saturated rings. The molecule has 1 saturated heterocycles. The Morgan fingerprint density at radius 1 is 1.36 bits per heavy atom. The third kappa shape index (κ3) is 1.12. The second-order valence-electron chi connectivity index (χ2n) is 4.34. The molecule has 0 amide bonds. The van der Waals surface area contributed by atoms with Gasteiger partial charge in [-0.3, -0.25) is 0 Å². The topological polar surface area (TPSA) is 48.0 Å². The number of aromatic amines is 1. The number of aryl methyl sites for hydroxylation is 1. The molecule has 1 aliphatic heterocycles. The molecule has 2 atom stereocenters. The van der Waals surface area contributed by atoms with Gasteiger partial charge in [-0.25, -0.2) is 0 Å². The highest BCUT2D eigenvalue weighted by Crippen LogP contribution is 2.32. The first-order chi connectivity index (χ1) is 6.86. The highest BCUT2D eigenvalue weighted by Gasteiger charge is 2.30. The summed E-state index contributed by atoms with van der Waals surface area (Å²) in [6.45, 7) is 0.936. The van der Waals surface area contributed by atoms with Crippen LogP contribution in [0.5, 0.6) is 0 Å². The number of H-pyrrole nitrogens is 1. The van der Waals surface area contributed by atoms with Crippen molar-refractivity contribution in [1.82, 2.24) is 10.3 Å². The molecule has 0 spiro atoms. The van der Waals surface area contributed by atoms with Crippen LogP contribution in [0.4, 0.5) is 0 Å². The van der Waals surface area contributed by atoms with E-state index in [1.807, 2.05) is 0 Å². The molecule has 3 rings (SSSR count). The third-order valence-corrected chi connectivity index (χ3v) is 3.49. The molecule has 0 radical (unpaired) electrons. The summed E-state index contributed by atoms with van der Waals surface area (Å²) in [7, 11) is 0. The maximum absolute atomic E-state index is 9.82. The largest absolute Gasteiger partial charge is 0.391 e. The average Bonchev–Trinajstić information content (AvgIpc) is 2.78. The van der Waals surface area contributed by atoms with Crippen molar-refractivity contribution in [1.29, 1.82) is 0 Å². The Morgan fingerprint density at radius 3 is 3.07 bits per heavy atom. The summed E-state index contributed by atoms with van der Waals surface area (Å²) >= 11 is 0. The highest BCUT2D eigenvalue weighted by molar-refractivity contribution is 5.37. The van der Waals surface area contributed by atoms with Crippen LogP contribution in [0, 0.1) is 0 Å². The first-order valence-corrected chi connectivity index (χ1v) is 5.47. The molecule has 1 aromatic heterocycles. The zero-order valence-electron chi connectivity index (χ0n) is 8.21. The Morgan fingerprint density at radius 2 is 2.29 bits per heavy atom. The molecular weight excluding hydrogens is 176 g/mol. The van der Waals surface area contributed by atoms with Gasteiger partial charge in [-0.1, -0.05) is 0 Å². The van der Waals surface area contributed by atoms with Gasteiger partial charge >= 0.3 is 0 Å². The van der Waals surface area contributed by atoms with Crippen molar-refractivity contribution >= 4 is 0 Å². The van der Waals surface area contributed by atoms with Gasteiger partial charge in [0, 0.05) is 11.9 Å². The lowest BCUT2D eigenvalue weighted by atomic mass is 10.0. The molecule has 2 unspecified atom stereocenters. The number of aliphatic hydroxyl groups excluding tert-OH is 1. The summed E-state index contributed by atoms with van der Waals surface area (Å²) in [5.74, 6) is 0. The summed E-state index contributed by atoms with van der Waals surface area (Å²) in [6, 6.07) is 0.174. The second-order valence-corrected chi connectivity index (χ2v) is 4.34. The predicted octanol–water partition coefficient (Wildman–Crippen LogP) is 0.899. The first-order valence-electron chi connectivity index (χ1n) is 5.47. The van der Waals surface area contributed by atoms with Crippen molar-refractivity contribution in [3.8, 4) is 0 Å². The van der Waals surface area contributed by atoms with Crippen LogP contribution in [0.3, 0.4) is 0 Å². The van der Waals surface area contributed by atoms with Crippen LogP contribution in [0.1, 0.15) is 35.7 Å². The van der Waals surface area contributed by atoms with Crippen molar-refractivity contribution < 1.29 is 5.11 Å². The van der Waals surface area contributed by atoms with Crippen LogP contribution in [-0.2, 0) is 12.8 Å². The van der Waals surface area contributed by atoms with Crippen LogP contribution < -0.4 is 5.32 Å². The summed E-state index contributed by atoms with van der Waals surface area (Å²) in [5, 5.41) is 13.2. The molecule has 1 aromatic rings. The van der Waals surface area contributed by atoms with Gasteiger partial charge in [0.15, 0.2) is 0 Å². The Kier molecular flexibility index (Phi) is 1.89. The standard InChI is InChI=1S/C11H16N2O/c14-10-4-5-12-11(10)8-6-13-9-3-1-2-7(8)9/h6,10-14H,1-5H2. The van der Waals surface area contributed by atoms with Crippen LogP contribution in [0.25, 0.3) is 0 Å². The van der Waals surface area contributed by atoms with Gasteiger partial charge in [-0.2, -0.15) is 0 Å². The van der Waals surface area contributed by atoms with E-state index in [9.17, 15) is 5.11 Å². The van der Waals surface area contributed by atoms with E-state index in [4.69, 9.17) is 0 Å². The summed E-state index contributed by atoms with van der Waals surface area (Å²) in [5.41, 5.74) is 4.16. The van der Waals surface area contributed by atoms with E-state index in [-0.39, 0.29) is 12.1 Å². The maximum atomic E-state index is 9.82. The number of nitrogens with one attached hydrogen (secondary N) is 2. The quantitative estimate of drug-likeness (QED) is 0.619. The fourth-order valence-electron chi connectivity index (χ4n) is 2.76. The van der Waals surface area contributed by atoms with Gasteiger partial charge in [-0.15, -0.1) is 0 Å². The van der Waals surface area contributed by atoms with E-state index in [1.165, 1.54) is 36.1 Å². The lowest BCUT2D eigenvalue weighted by Gasteiger charge is -2.14. The Labute approximate surface area is 83.5 Å². The van der Waals surface area contributed by atoms with Gasteiger partial charge in [0.25, 0.3) is 0 Å². The maximum Gasteiger partial charge on any atom is 0.0747 e. The monoisotopic (exact) mass is 192 g/mol.